The molecule has 2 aromatic carbocycles. The van der Waals surface area contributed by atoms with Crippen LogP contribution in [0.15, 0.2) is 48.5 Å². The average molecular weight is 369 g/mol. The van der Waals surface area contributed by atoms with Gasteiger partial charge in [-0.05, 0) is 48.4 Å². The second-order valence-corrected chi connectivity index (χ2v) is 6.71. The van der Waals surface area contributed by atoms with Crippen LogP contribution in [0.25, 0.3) is 0 Å². The lowest BCUT2D eigenvalue weighted by molar-refractivity contribution is -0.129. The van der Waals surface area contributed by atoms with Gasteiger partial charge in [0.25, 0.3) is 0 Å². The maximum atomic E-state index is 12.9. The highest BCUT2D eigenvalue weighted by molar-refractivity contribution is 5.91. The number of hydrogen-bond acceptors (Lipinski definition) is 3. The van der Waals surface area contributed by atoms with Gasteiger partial charge in [0.1, 0.15) is 5.82 Å². The number of hydrogen-bond donors (Lipinski definition) is 1. The lowest BCUT2D eigenvalue weighted by Gasteiger charge is -2.35. The molecular weight excluding hydrogens is 345 g/mol. The fraction of sp³-hybridized carbons (Fsp3) is 0.333. The van der Waals surface area contributed by atoms with Crippen molar-refractivity contribution in [2.45, 2.75) is 19.8 Å². The van der Waals surface area contributed by atoms with Gasteiger partial charge in [-0.1, -0.05) is 12.1 Å². The van der Waals surface area contributed by atoms with Gasteiger partial charge in [0.2, 0.25) is 11.8 Å². The Hall–Kier alpha value is -2.89. The van der Waals surface area contributed by atoms with Crippen molar-refractivity contribution in [3.8, 4) is 0 Å². The Kier molecular flexibility index (Phi) is 6.06. The summed E-state index contributed by atoms with van der Waals surface area (Å²) in [5, 5.41) is 2.89. The predicted molar refractivity (Wildman–Crippen MR) is 104 cm³/mol. The van der Waals surface area contributed by atoms with E-state index in [4.69, 9.17) is 0 Å². The summed E-state index contributed by atoms with van der Waals surface area (Å²) in [5.74, 6) is -0.221. The SMILES string of the molecule is CC(=O)N1CCN(c2ccc(NC(=O)CCc3ccc(F)cc3)cc2)CC1. The van der Waals surface area contributed by atoms with Crippen LogP contribution in [-0.4, -0.2) is 42.9 Å². The van der Waals surface area contributed by atoms with Crippen molar-refractivity contribution in [3.05, 3.63) is 59.9 Å². The van der Waals surface area contributed by atoms with E-state index < -0.39 is 0 Å². The molecule has 2 amide bonds. The van der Waals surface area contributed by atoms with Crippen LogP contribution in [0.5, 0.6) is 0 Å². The maximum Gasteiger partial charge on any atom is 0.224 e. The van der Waals surface area contributed by atoms with Gasteiger partial charge in [0.15, 0.2) is 0 Å². The normalized spacial score (nSPS) is 14.1. The van der Waals surface area contributed by atoms with Gasteiger partial charge >= 0.3 is 0 Å². The molecule has 0 atom stereocenters. The Morgan fingerprint density at radius 2 is 1.59 bits per heavy atom. The van der Waals surface area contributed by atoms with Gasteiger partial charge in [0, 0.05) is 50.9 Å². The molecule has 0 spiro atoms. The Labute approximate surface area is 158 Å². The highest BCUT2D eigenvalue weighted by Gasteiger charge is 2.18. The van der Waals surface area contributed by atoms with Crippen molar-refractivity contribution in [3.63, 3.8) is 0 Å². The monoisotopic (exact) mass is 369 g/mol. The zero-order valence-corrected chi connectivity index (χ0v) is 15.5. The molecule has 0 radical (unpaired) electrons. The summed E-state index contributed by atoms with van der Waals surface area (Å²) in [6.07, 6.45) is 0.922. The topological polar surface area (TPSA) is 52.7 Å². The minimum absolute atomic E-state index is 0.0675. The van der Waals surface area contributed by atoms with E-state index in [9.17, 15) is 14.0 Å². The Morgan fingerprint density at radius 3 is 2.19 bits per heavy atom. The number of amides is 2. The molecule has 0 saturated carbocycles. The molecule has 1 aliphatic rings. The summed E-state index contributed by atoms with van der Waals surface area (Å²) in [6, 6.07) is 14.0. The molecule has 1 saturated heterocycles. The standard InChI is InChI=1S/C21H24FN3O2/c1-16(26)24-12-14-25(15-13-24)20-9-7-19(8-10-20)23-21(27)11-4-17-2-5-18(22)6-3-17/h2-3,5-10H,4,11-15H2,1H3,(H,23,27). The molecule has 3 rings (SSSR count). The number of halogens is 1. The summed E-state index contributed by atoms with van der Waals surface area (Å²) >= 11 is 0. The maximum absolute atomic E-state index is 12.9. The second kappa shape index (κ2) is 8.66. The van der Waals surface area contributed by atoms with E-state index in [1.807, 2.05) is 29.2 Å². The van der Waals surface area contributed by atoms with Crippen LogP contribution >= 0.6 is 0 Å². The summed E-state index contributed by atoms with van der Waals surface area (Å²) in [5.41, 5.74) is 2.78. The molecular formula is C21H24FN3O2. The fourth-order valence-corrected chi connectivity index (χ4v) is 3.17. The zero-order valence-electron chi connectivity index (χ0n) is 15.5. The molecule has 1 heterocycles. The van der Waals surface area contributed by atoms with E-state index in [0.717, 1.165) is 43.1 Å². The van der Waals surface area contributed by atoms with Gasteiger partial charge in [-0.2, -0.15) is 0 Å². The van der Waals surface area contributed by atoms with E-state index in [-0.39, 0.29) is 17.6 Å². The third-order valence-electron chi connectivity index (χ3n) is 4.80. The van der Waals surface area contributed by atoms with Gasteiger partial charge in [-0.3, -0.25) is 9.59 Å². The summed E-state index contributed by atoms with van der Waals surface area (Å²) in [4.78, 5) is 27.6. The second-order valence-electron chi connectivity index (χ2n) is 6.71. The highest BCUT2D eigenvalue weighted by Crippen LogP contribution is 2.20. The van der Waals surface area contributed by atoms with Gasteiger partial charge < -0.3 is 15.1 Å². The van der Waals surface area contributed by atoms with Gasteiger partial charge in [0.05, 0.1) is 0 Å². The first kappa shape index (κ1) is 18.9. The van der Waals surface area contributed by atoms with Crippen molar-refractivity contribution >= 4 is 23.2 Å². The van der Waals surface area contributed by atoms with E-state index >= 15 is 0 Å². The number of anilines is 2. The molecule has 2 aromatic rings. The number of carbonyl (C=O) groups is 2. The van der Waals surface area contributed by atoms with Gasteiger partial charge in [-0.25, -0.2) is 4.39 Å². The highest BCUT2D eigenvalue weighted by atomic mass is 19.1. The van der Waals surface area contributed by atoms with E-state index in [2.05, 4.69) is 10.2 Å². The zero-order chi connectivity index (χ0) is 19.2. The number of rotatable bonds is 5. The summed E-state index contributed by atoms with van der Waals surface area (Å²) < 4.78 is 12.9. The van der Waals surface area contributed by atoms with Crippen LogP contribution in [-0.2, 0) is 16.0 Å². The van der Waals surface area contributed by atoms with Crippen molar-refractivity contribution in [2.24, 2.45) is 0 Å². The van der Waals surface area contributed by atoms with Crippen LogP contribution in [0.3, 0.4) is 0 Å². The summed E-state index contributed by atoms with van der Waals surface area (Å²) in [6.45, 7) is 4.68. The molecule has 0 bridgehead atoms. The minimum atomic E-state index is -0.272. The van der Waals surface area contributed by atoms with Crippen molar-refractivity contribution in [1.82, 2.24) is 4.90 Å². The van der Waals surface area contributed by atoms with Crippen molar-refractivity contribution in [2.75, 3.05) is 36.4 Å². The fourth-order valence-electron chi connectivity index (χ4n) is 3.17. The van der Waals surface area contributed by atoms with Crippen LogP contribution in [0, 0.1) is 5.82 Å². The minimum Gasteiger partial charge on any atom is -0.368 e. The first-order chi connectivity index (χ1) is 13.0. The summed E-state index contributed by atoms with van der Waals surface area (Å²) in [7, 11) is 0. The molecule has 0 aliphatic carbocycles. The number of nitrogens with one attached hydrogen (secondary N) is 1. The molecule has 142 valence electrons. The average Bonchev–Trinajstić information content (AvgIpc) is 2.68. The largest absolute Gasteiger partial charge is 0.368 e. The van der Waals surface area contributed by atoms with E-state index in [1.165, 1.54) is 12.1 Å². The third-order valence-corrected chi connectivity index (χ3v) is 4.80. The lowest BCUT2D eigenvalue weighted by Crippen LogP contribution is -2.48. The Balaban J connectivity index is 1.48. The van der Waals surface area contributed by atoms with Crippen molar-refractivity contribution < 1.29 is 14.0 Å². The van der Waals surface area contributed by atoms with Crippen LogP contribution in [0.2, 0.25) is 0 Å². The Bertz CT molecular complexity index is 782. The third kappa shape index (κ3) is 5.29. The van der Waals surface area contributed by atoms with Crippen molar-refractivity contribution in [1.29, 1.82) is 0 Å². The quantitative estimate of drug-likeness (QED) is 0.881. The smallest absolute Gasteiger partial charge is 0.224 e. The molecule has 5 nitrogen and oxygen atoms in total. The lowest BCUT2D eigenvalue weighted by atomic mass is 10.1. The first-order valence-electron chi connectivity index (χ1n) is 9.16. The number of aryl methyl sites for hydroxylation is 1. The number of piperazine rings is 1. The predicted octanol–water partition coefficient (Wildman–Crippen LogP) is 3.07. The first-order valence-corrected chi connectivity index (χ1v) is 9.16. The molecule has 27 heavy (non-hydrogen) atoms. The van der Waals surface area contributed by atoms with E-state index in [0.29, 0.717) is 12.8 Å². The van der Waals surface area contributed by atoms with Crippen LogP contribution in [0.4, 0.5) is 15.8 Å². The molecule has 0 unspecified atom stereocenters. The molecule has 6 heteroatoms. The number of carbonyl (C=O) groups excluding carboxylic acids is 2. The van der Waals surface area contributed by atoms with Gasteiger partial charge in [-0.15, -0.1) is 0 Å². The van der Waals surface area contributed by atoms with Crippen LogP contribution < -0.4 is 10.2 Å². The molecule has 1 N–H and O–H groups in total. The van der Waals surface area contributed by atoms with Crippen LogP contribution in [0.1, 0.15) is 18.9 Å². The number of benzene rings is 2. The molecule has 1 aliphatic heterocycles. The molecule has 0 aromatic heterocycles. The number of nitrogens with zero attached hydrogens (tertiary/aromatic N) is 2. The Morgan fingerprint density at radius 1 is 0.963 bits per heavy atom. The van der Waals surface area contributed by atoms with E-state index in [1.54, 1.807) is 19.1 Å². The molecule has 1 fully saturated rings.